The van der Waals surface area contributed by atoms with Crippen LogP contribution in [0.1, 0.15) is 24.0 Å². The van der Waals surface area contributed by atoms with Crippen LogP contribution in [0.3, 0.4) is 0 Å². The van der Waals surface area contributed by atoms with Gasteiger partial charge in [0.1, 0.15) is 0 Å². The molecule has 2 aromatic rings. The molecule has 1 amide bonds. The number of nitrogens with zero attached hydrogens (tertiary/aromatic N) is 1. The highest BCUT2D eigenvalue weighted by Gasteiger charge is 2.29. The fourth-order valence-electron chi connectivity index (χ4n) is 3.16. The first-order valence-electron chi connectivity index (χ1n) is 8.71. The van der Waals surface area contributed by atoms with Gasteiger partial charge in [0.2, 0.25) is 5.91 Å². The highest BCUT2D eigenvalue weighted by Crippen LogP contribution is 2.19. The Hall–Kier alpha value is -1.91. The molecule has 1 saturated heterocycles. The summed E-state index contributed by atoms with van der Waals surface area (Å²) in [7, 11) is 0. The van der Waals surface area contributed by atoms with Gasteiger partial charge in [-0.25, -0.2) is 0 Å². The van der Waals surface area contributed by atoms with E-state index in [0.29, 0.717) is 25.6 Å². The quantitative estimate of drug-likeness (QED) is 0.825. The summed E-state index contributed by atoms with van der Waals surface area (Å²) in [5.74, 6) is 0.423. The molecule has 5 heteroatoms. The molecule has 1 aromatic carbocycles. The first kappa shape index (κ1) is 17.9. The normalized spacial score (nSPS) is 19.7. The predicted octanol–water partition coefficient (Wildman–Crippen LogP) is 3.43. The standard InChI is InChI=1S/C20H23ClN2O2/c21-18-6-4-15(5-7-18)2-1-3-20(24)23-19-14-25-13-17(19)12-16-8-10-22-11-9-16/h4-11,17,19H,1-3,12-14H2,(H,23,24)/t17-,19+/m1/s1. The molecule has 132 valence electrons. The summed E-state index contributed by atoms with van der Waals surface area (Å²) in [5, 5.41) is 3.88. The monoisotopic (exact) mass is 358 g/mol. The summed E-state index contributed by atoms with van der Waals surface area (Å²) in [6.07, 6.45) is 6.74. The molecule has 2 atom stereocenters. The van der Waals surface area contributed by atoms with Crippen LogP contribution in [-0.2, 0) is 22.4 Å². The van der Waals surface area contributed by atoms with E-state index in [2.05, 4.69) is 10.3 Å². The Morgan fingerprint density at radius 1 is 1.12 bits per heavy atom. The van der Waals surface area contributed by atoms with Crippen LogP contribution < -0.4 is 5.32 Å². The SMILES string of the molecule is O=C(CCCc1ccc(Cl)cc1)N[C@H]1COC[C@H]1Cc1ccncc1. The summed E-state index contributed by atoms with van der Waals surface area (Å²) in [4.78, 5) is 16.3. The maximum absolute atomic E-state index is 12.2. The van der Waals surface area contributed by atoms with Gasteiger partial charge in [0.25, 0.3) is 0 Å². The molecular weight excluding hydrogens is 336 g/mol. The number of aromatic nitrogens is 1. The zero-order valence-corrected chi connectivity index (χ0v) is 14.9. The van der Waals surface area contributed by atoms with Gasteiger partial charge in [-0.2, -0.15) is 0 Å². The average molecular weight is 359 g/mol. The van der Waals surface area contributed by atoms with E-state index >= 15 is 0 Å². The minimum absolute atomic E-state index is 0.0937. The van der Waals surface area contributed by atoms with Crippen LogP contribution in [0.5, 0.6) is 0 Å². The highest BCUT2D eigenvalue weighted by atomic mass is 35.5. The van der Waals surface area contributed by atoms with E-state index in [1.54, 1.807) is 12.4 Å². The third-order valence-corrected chi connectivity index (χ3v) is 4.83. The second-order valence-electron chi connectivity index (χ2n) is 6.51. The average Bonchev–Trinajstić information content (AvgIpc) is 3.04. The van der Waals surface area contributed by atoms with Crippen molar-refractivity contribution in [3.05, 3.63) is 64.9 Å². The summed E-state index contributed by atoms with van der Waals surface area (Å²) in [5.41, 5.74) is 2.43. The van der Waals surface area contributed by atoms with Crippen LogP contribution in [0.15, 0.2) is 48.8 Å². The third kappa shape index (κ3) is 5.55. The fraction of sp³-hybridized carbons (Fsp3) is 0.400. The van der Waals surface area contributed by atoms with Crippen molar-refractivity contribution in [2.75, 3.05) is 13.2 Å². The topological polar surface area (TPSA) is 51.2 Å². The van der Waals surface area contributed by atoms with Crippen LogP contribution in [0.4, 0.5) is 0 Å². The lowest BCUT2D eigenvalue weighted by molar-refractivity contribution is -0.122. The molecule has 0 aliphatic carbocycles. The number of pyridine rings is 1. The maximum atomic E-state index is 12.2. The largest absolute Gasteiger partial charge is 0.379 e. The van der Waals surface area contributed by atoms with Gasteiger partial charge >= 0.3 is 0 Å². The van der Waals surface area contributed by atoms with Crippen LogP contribution in [-0.4, -0.2) is 30.1 Å². The molecule has 0 radical (unpaired) electrons. The third-order valence-electron chi connectivity index (χ3n) is 4.57. The Bertz CT molecular complexity index is 676. The van der Waals surface area contributed by atoms with E-state index < -0.39 is 0 Å². The molecule has 25 heavy (non-hydrogen) atoms. The summed E-state index contributed by atoms with van der Waals surface area (Å²) >= 11 is 5.88. The number of carbonyl (C=O) groups excluding carboxylic acids is 1. The molecule has 2 heterocycles. The number of amides is 1. The van der Waals surface area contributed by atoms with Crippen LogP contribution in [0.25, 0.3) is 0 Å². The van der Waals surface area contributed by atoms with Crippen LogP contribution in [0, 0.1) is 5.92 Å². The number of rotatable bonds is 7. The van der Waals surface area contributed by atoms with E-state index in [1.807, 2.05) is 36.4 Å². The van der Waals surface area contributed by atoms with Gasteiger partial charge in [0, 0.05) is 29.8 Å². The van der Waals surface area contributed by atoms with Gasteiger partial charge in [-0.05, 0) is 54.7 Å². The van der Waals surface area contributed by atoms with E-state index in [4.69, 9.17) is 16.3 Å². The molecule has 4 nitrogen and oxygen atoms in total. The van der Waals surface area contributed by atoms with Crippen molar-refractivity contribution in [2.45, 2.75) is 31.7 Å². The second-order valence-corrected chi connectivity index (χ2v) is 6.95. The number of hydrogen-bond acceptors (Lipinski definition) is 3. The highest BCUT2D eigenvalue weighted by molar-refractivity contribution is 6.30. The zero-order chi connectivity index (χ0) is 17.5. The molecule has 1 aromatic heterocycles. The molecule has 1 N–H and O–H groups in total. The lowest BCUT2D eigenvalue weighted by Gasteiger charge is -2.19. The van der Waals surface area contributed by atoms with Gasteiger partial charge in [-0.1, -0.05) is 23.7 Å². The van der Waals surface area contributed by atoms with Gasteiger partial charge in [0.15, 0.2) is 0 Å². The maximum Gasteiger partial charge on any atom is 0.220 e. The Kier molecular flexibility index (Phi) is 6.42. The zero-order valence-electron chi connectivity index (χ0n) is 14.2. The molecule has 0 bridgehead atoms. The summed E-state index contributed by atoms with van der Waals surface area (Å²) in [6, 6.07) is 11.9. The van der Waals surface area contributed by atoms with Crippen molar-refractivity contribution in [1.29, 1.82) is 0 Å². The Morgan fingerprint density at radius 3 is 2.64 bits per heavy atom. The van der Waals surface area contributed by atoms with Crippen molar-refractivity contribution in [2.24, 2.45) is 5.92 Å². The molecule has 0 unspecified atom stereocenters. The van der Waals surface area contributed by atoms with E-state index in [1.165, 1.54) is 11.1 Å². The van der Waals surface area contributed by atoms with E-state index in [0.717, 1.165) is 24.3 Å². The number of aryl methyl sites for hydroxylation is 1. The number of ether oxygens (including phenoxy) is 1. The first-order valence-corrected chi connectivity index (χ1v) is 9.09. The van der Waals surface area contributed by atoms with Gasteiger partial charge in [0.05, 0.1) is 19.3 Å². The Labute approximate surface area is 153 Å². The molecule has 1 aliphatic rings. The molecule has 1 aliphatic heterocycles. The molecule has 3 rings (SSSR count). The minimum Gasteiger partial charge on any atom is -0.379 e. The number of halogens is 1. The summed E-state index contributed by atoms with van der Waals surface area (Å²) in [6.45, 7) is 1.29. The molecule has 0 spiro atoms. The number of carbonyl (C=O) groups is 1. The summed E-state index contributed by atoms with van der Waals surface area (Å²) < 4.78 is 5.58. The number of hydrogen-bond donors (Lipinski definition) is 1. The van der Waals surface area contributed by atoms with E-state index in [9.17, 15) is 4.79 Å². The van der Waals surface area contributed by atoms with Crippen molar-refractivity contribution in [1.82, 2.24) is 10.3 Å². The number of nitrogens with one attached hydrogen (secondary N) is 1. The number of benzene rings is 1. The second kappa shape index (κ2) is 8.97. The lowest BCUT2D eigenvalue weighted by atomic mass is 9.95. The van der Waals surface area contributed by atoms with Crippen molar-refractivity contribution in [3.63, 3.8) is 0 Å². The smallest absolute Gasteiger partial charge is 0.220 e. The van der Waals surface area contributed by atoms with Crippen LogP contribution in [0.2, 0.25) is 5.02 Å². The predicted molar refractivity (Wildman–Crippen MR) is 98.6 cm³/mol. The van der Waals surface area contributed by atoms with Crippen molar-refractivity contribution < 1.29 is 9.53 Å². The fourth-order valence-corrected chi connectivity index (χ4v) is 3.29. The molecule has 1 fully saturated rings. The lowest BCUT2D eigenvalue weighted by Crippen LogP contribution is -2.40. The van der Waals surface area contributed by atoms with Crippen LogP contribution >= 0.6 is 11.6 Å². The van der Waals surface area contributed by atoms with Gasteiger partial charge in [-0.15, -0.1) is 0 Å². The van der Waals surface area contributed by atoms with Crippen molar-refractivity contribution >= 4 is 17.5 Å². The Morgan fingerprint density at radius 2 is 1.88 bits per heavy atom. The molecule has 0 saturated carbocycles. The first-order chi connectivity index (χ1) is 12.2. The van der Waals surface area contributed by atoms with Crippen molar-refractivity contribution in [3.8, 4) is 0 Å². The van der Waals surface area contributed by atoms with Gasteiger partial charge < -0.3 is 10.1 Å². The Balaban J connectivity index is 1.42. The van der Waals surface area contributed by atoms with E-state index in [-0.39, 0.29) is 11.9 Å². The minimum atomic E-state index is 0.0937. The van der Waals surface area contributed by atoms with Gasteiger partial charge in [-0.3, -0.25) is 9.78 Å². The molecular formula is C20H23ClN2O2.